The van der Waals surface area contributed by atoms with Crippen LogP contribution in [0.15, 0.2) is 0 Å². The standard InChI is InChI=1S/C12H24N2O/c1-10(8-13)9-14-6-7-15-12-5-3-2-4-11(12)14/h10-12H,2-9,13H2,1H3. The van der Waals surface area contributed by atoms with Gasteiger partial charge in [-0.3, -0.25) is 4.90 Å². The highest BCUT2D eigenvalue weighted by Gasteiger charge is 2.34. The van der Waals surface area contributed by atoms with E-state index in [0.29, 0.717) is 18.1 Å². The van der Waals surface area contributed by atoms with E-state index in [0.717, 1.165) is 26.2 Å². The van der Waals surface area contributed by atoms with E-state index in [4.69, 9.17) is 10.5 Å². The lowest BCUT2D eigenvalue weighted by Crippen LogP contribution is -2.54. The molecular weight excluding hydrogens is 188 g/mol. The maximum Gasteiger partial charge on any atom is 0.0730 e. The van der Waals surface area contributed by atoms with Crippen LogP contribution in [0.2, 0.25) is 0 Å². The molecule has 3 heteroatoms. The molecule has 1 saturated heterocycles. The van der Waals surface area contributed by atoms with Gasteiger partial charge in [-0.15, -0.1) is 0 Å². The summed E-state index contributed by atoms with van der Waals surface area (Å²) in [6, 6.07) is 0.682. The predicted octanol–water partition coefficient (Wildman–Crippen LogP) is 1.22. The monoisotopic (exact) mass is 212 g/mol. The summed E-state index contributed by atoms with van der Waals surface area (Å²) >= 11 is 0. The second kappa shape index (κ2) is 5.28. The molecule has 0 aromatic carbocycles. The Balaban J connectivity index is 1.91. The number of morpholine rings is 1. The van der Waals surface area contributed by atoms with Gasteiger partial charge < -0.3 is 10.5 Å². The molecule has 1 heterocycles. The molecule has 3 nitrogen and oxygen atoms in total. The van der Waals surface area contributed by atoms with Crippen LogP contribution in [0.25, 0.3) is 0 Å². The Morgan fingerprint density at radius 1 is 1.40 bits per heavy atom. The number of nitrogens with zero attached hydrogens (tertiary/aromatic N) is 1. The van der Waals surface area contributed by atoms with Crippen LogP contribution in [0.3, 0.4) is 0 Å². The predicted molar refractivity (Wildman–Crippen MR) is 61.8 cm³/mol. The van der Waals surface area contributed by atoms with E-state index in [1.807, 2.05) is 0 Å². The molecule has 1 aliphatic heterocycles. The molecule has 2 aliphatic rings. The van der Waals surface area contributed by atoms with Crippen LogP contribution in [-0.4, -0.2) is 43.3 Å². The number of ether oxygens (including phenoxy) is 1. The maximum atomic E-state index is 5.85. The van der Waals surface area contributed by atoms with Crippen molar-refractivity contribution in [1.29, 1.82) is 0 Å². The molecule has 0 spiro atoms. The van der Waals surface area contributed by atoms with Gasteiger partial charge in [0.1, 0.15) is 0 Å². The summed E-state index contributed by atoms with van der Waals surface area (Å²) in [4.78, 5) is 2.62. The van der Waals surface area contributed by atoms with E-state index in [1.54, 1.807) is 0 Å². The highest BCUT2D eigenvalue weighted by Crippen LogP contribution is 2.28. The van der Waals surface area contributed by atoms with Gasteiger partial charge in [-0.25, -0.2) is 0 Å². The van der Waals surface area contributed by atoms with Crippen LogP contribution in [-0.2, 0) is 4.74 Å². The summed E-state index contributed by atoms with van der Waals surface area (Å²) in [5.74, 6) is 0.616. The second-order valence-corrected chi connectivity index (χ2v) is 5.10. The summed E-state index contributed by atoms with van der Waals surface area (Å²) < 4.78 is 5.85. The van der Waals surface area contributed by atoms with Crippen molar-refractivity contribution < 1.29 is 4.74 Å². The Morgan fingerprint density at radius 3 is 3.00 bits per heavy atom. The number of rotatable bonds is 3. The molecule has 3 atom stereocenters. The topological polar surface area (TPSA) is 38.5 Å². The SMILES string of the molecule is CC(CN)CN1CCOC2CCCCC21. The first kappa shape index (κ1) is 11.4. The summed E-state index contributed by atoms with van der Waals surface area (Å²) in [6.07, 6.45) is 5.82. The lowest BCUT2D eigenvalue weighted by Gasteiger charge is -2.44. The van der Waals surface area contributed by atoms with Crippen LogP contribution in [0.4, 0.5) is 0 Å². The largest absolute Gasteiger partial charge is 0.375 e. The Bertz CT molecular complexity index is 196. The van der Waals surface area contributed by atoms with Gasteiger partial charge in [-0.1, -0.05) is 19.8 Å². The van der Waals surface area contributed by atoms with Crippen molar-refractivity contribution in [3.05, 3.63) is 0 Å². The molecule has 15 heavy (non-hydrogen) atoms. The molecule has 1 saturated carbocycles. The first-order chi connectivity index (χ1) is 7.31. The Morgan fingerprint density at radius 2 is 2.20 bits per heavy atom. The summed E-state index contributed by atoms with van der Waals surface area (Å²) in [6.45, 7) is 6.22. The Labute approximate surface area is 93.0 Å². The van der Waals surface area contributed by atoms with E-state index in [2.05, 4.69) is 11.8 Å². The molecule has 0 bridgehead atoms. The molecular formula is C12H24N2O. The fraction of sp³-hybridized carbons (Fsp3) is 1.00. The molecule has 0 aromatic rings. The highest BCUT2D eigenvalue weighted by molar-refractivity contribution is 4.87. The second-order valence-electron chi connectivity index (χ2n) is 5.10. The molecule has 0 radical (unpaired) electrons. The van der Waals surface area contributed by atoms with Gasteiger partial charge in [0.2, 0.25) is 0 Å². The molecule has 2 rings (SSSR count). The van der Waals surface area contributed by atoms with Crippen molar-refractivity contribution in [3.8, 4) is 0 Å². The van der Waals surface area contributed by atoms with Crippen molar-refractivity contribution >= 4 is 0 Å². The first-order valence-electron chi connectivity index (χ1n) is 6.37. The van der Waals surface area contributed by atoms with Crippen LogP contribution in [0.1, 0.15) is 32.6 Å². The van der Waals surface area contributed by atoms with Crippen molar-refractivity contribution in [3.63, 3.8) is 0 Å². The third kappa shape index (κ3) is 2.71. The molecule has 0 aromatic heterocycles. The third-order valence-corrected chi connectivity index (χ3v) is 3.80. The van der Waals surface area contributed by atoms with E-state index in [-0.39, 0.29) is 0 Å². The third-order valence-electron chi connectivity index (χ3n) is 3.80. The zero-order chi connectivity index (χ0) is 10.7. The minimum Gasteiger partial charge on any atom is -0.375 e. The molecule has 0 amide bonds. The average molecular weight is 212 g/mol. The van der Waals surface area contributed by atoms with Gasteiger partial charge in [0.15, 0.2) is 0 Å². The van der Waals surface area contributed by atoms with Crippen LogP contribution in [0, 0.1) is 5.92 Å². The van der Waals surface area contributed by atoms with Gasteiger partial charge in [-0.05, 0) is 25.3 Å². The first-order valence-corrected chi connectivity index (χ1v) is 6.37. The van der Waals surface area contributed by atoms with Gasteiger partial charge in [-0.2, -0.15) is 0 Å². The van der Waals surface area contributed by atoms with E-state index < -0.39 is 0 Å². The molecule has 2 fully saturated rings. The minimum atomic E-state index is 0.512. The zero-order valence-electron chi connectivity index (χ0n) is 9.82. The minimum absolute atomic E-state index is 0.512. The van der Waals surface area contributed by atoms with Crippen LogP contribution >= 0.6 is 0 Å². The van der Waals surface area contributed by atoms with E-state index in [9.17, 15) is 0 Å². The Hall–Kier alpha value is -0.120. The van der Waals surface area contributed by atoms with Crippen molar-refractivity contribution in [1.82, 2.24) is 4.90 Å². The summed E-state index contributed by atoms with van der Waals surface area (Å²) in [5.41, 5.74) is 5.70. The van der Waals surface area contributed by atoms with Crippen molar-refractivity contribution in [2.75, 3.05) is 26.2 Å². The molecule has 2 N–H and O–H groups in total. The number of hydrogen-bond acceptors (Lipinski definition) is 3. The summed E-state index contributed by atoms with van der Waals surface area (Å²) in [7, 11) is 0. The van der Waals surface area contributed by atoms with Crippen molar-refractivity contribution in [2.45, 2.75) is 44.8 Å². The molecule has 3 unspecified atom stereocenters. The van der Waals surface area contributed by atoms with Crippen molar-refractivity contribution in [2.24, 2.45) is 11.7 Å². The van der Waals surface area contributed by atoms with Gasteiger partial charge in [0, 0.05) is 19.1 Å². The maximum absolute atomic E-state index is 5.85. The highest BCUT2D eigenvalue weighted by atomic mass is 16.5. The lowest BCUT2D eigenvalue weighted by atomic mass is 9.89. The zero-order valence-corrected chi connectivity index (χ0v) is 9.82. The van der Waals surface area contributed by atoms with Gasteiger partial charge >= 0.3 is 0 Å². The molecule has 88 valence electrons. The van der Waals surface area contributed by atoms with Gasteiger partial charge in [0.25, 0.3) is 0 Å². The lowest BCUT2D eigenvalue weighted by molar-refractivity contribution is -0.0911. The van der Waals surface area contributed by atoms with E-state index >= 15 is 0 Å². The summed E-state index contributed by atoms with van der Waals surface area (Å²) in [5, 5.41) is 0. The van der Waals surface area contributed by atoms with Gasteiger partial charge in [0.05, 0.1) is 12.7 Å². The average Bonchev–Trinajstić information content (AvgIpc) is 2.29. The number of nitrogens with two attached hydrogens (primary N) is 1. The number of fused-ring (bicyclic) bond motifs is 1. The quantitative estimate of drug-likeness (QED) is 0.764. The van der Waals surface area contributed by atoms with Crippen LogP contribution < -0.4 is 5.73 Å². The Kier molecular flexibility index (Phi) is 4.00. The fourth-order valence-electron chi connectivity index (χ4n) is 2.88. The van der Waals surface area contributed by atoms with Crippen LogP contribution in [0.5, 0.6) is 0 Å². The smallest absolute Gasteiger partial charge is 0.0730 e. The normalized spacial score (nSPS) is 34.8. The van der Waals surface area contributed by atoms with E-state index in [1.165, 1.54) is 25.7 Å². The fourth-order valence-corrected chi connectivity index (χ4v) is 2.88. The number of hydrogen-bond donors (Lipinski definition) is 1. The molecule has 1 aliphatic carbocycles.